The SMILES string of the molecule is COC(=O)CCCC(=O)c1cccc(F)c1C(F)(F)F. The maximum Gasteiger partial charge on any atom is 0.419 e. The van der Waals surface area contributed by atoms with E-state index in [9.17, 15) is 27.2 Å². The molecule has 0 heterocycles. The Kier molecular flexibility index (Phi) is 5.24. The summed E-state index contributed by atoms with van der Waals surface area (Å²) in [6.45, 7) is 0. The zero-order valence-corrected chi connectivity index (χ0v) is 10.6. The maximum absolute atomic E-state index is 13.3. The lowest BCUT2D eigenvalue weighted by Crippen LogP contribution is -2.15. The first-order valence-corrected chi connectivity index (χ1v) is 5.73. The molecule has 0 bridgehead atoms. The number of ether oxygens (including phenoxy) is 1. The third kappa shape index (κ3) is 4.04. The Balaban J connectivity index is 2.89. The van der Waals surface area contributed by atoms with Gasteiger partial charge in [0, 0.05) is 18.4 Å². The minimum absolute atomic E-state index is 0.0410. The van der Waals surface area contributed by atoms with Gasteiger partial charge in [-0.3, -0.25) is 9.59 Å². The van der Waals surface area contributed by atoms with E-state index < -0.39 is 34.9 Å². The minimum Gasteiger partial charge on any atom is -0.469 e. The first-order chi connectivity index (χ1) is 9.27. The molecule has 0 amide bonds. The number of benzene rings is 1. The number of carbonyl (C=O) groups is 2. The number of hydrogen-bond donors (Lipinski definition) is 0. The lowest BCUT2D eigenvalue weighted by atomic mass is 9.99. The van der Waals surface area contributed by atoms with E-state index in [2.05, 4.69) is 4.74 Å². The smallest absolute Gasteiger partial charge is 0.419 e. The highest BCUT2D eigenvalue weighted by Crippen LogP contribution is 2.34. The van der Waals surface area contributed by atoms with Gasteiger partial charge in [0.15, 0.2) is 5.78 Å². The van der Waals surface area contributed by atoms with Crippen LogP contribution in [0, 0.1) is 5.82 Å². The second-order valence-electron chi connectivity index (χ2n) is 4.01. The molecule has 1 aromatic rings. The van der Waals surface area contributed by atoms with Gasteiger partial charge in [-0.2, -0.15) is 13.2 Å². The Morgan fingerprint density at radius 1 is 1.20 bits per heavy atom. The molecule has 0 aliphatic rings. The number of hydrogen-bond acceptors (Lipinski definition) is 3. The fourth-order valence-electron chi connectivity index (χ4n) is 1.67. The lowest BCUT2D eigenvalue weighted by Gasteiger charge is -2.12. The van der Waals surface area contributed by atoms with E-state index in [0.29, 0.717) is 6.07 Å². The third-order valence-corrected chi connectivity index (χ3v) is 2.61. The topological polar surface area (TPSA) is 43.4 Å². The predicted octanol–water partition coefficient (Wildman–Crippen LogP) is 3.37. The van der Waals surface area contributed by atoms with Crippen molar-refractivity contribution in [1.29, 1.82) is 0 Å². The summed E-state index contributed by atoms with van der Waals surface area (Å²) in [5, 5.41) is 0. The first-order valence-electron chi connectivity index (χ1n) is 5.73. The van der Waals surface area contributed by atoms with Gasteiger partial charge in [0.2, 0.25) is 0 Å². The molecule has 0 aromatic heterocycles. The van der Waals surface area contributed by atoms with Crippen molar-refractivity contribution in [1.82, 2.24) is 0 Å². The first kappa shape index (κ1) is 16.1. The molecule has 20 heavy (non-hydrogen) atoms. The Morgan fingerprint density at radius 3 is 2.40 bits per heavy atom. The molecule has 0 fully saturated rings. The van der Waals surface area contributed by atoms with E-state index in [1.54, 1.807) is 0 Å². The molecule has 1 aromatic carbocycles. The molecular formula is C13H12F4O3. The molecule has 7 heteroatoms. The van der Waals surface area contributed by atoms with Crippen molar-refractivity contribution < 1.29 is 31.9 Å². The zero-order valence-electron chi connectivity index (χ0n) is 10.6. The molecule has 0 saturated carbocycles. The fraction of sp³-hybridized carbons (Fsp3) is 0.385. The molecular weight excluding hydrogens is 280 g/mol. The zero-order chi connectivity index (χ0) is 15.3. The summed E-state index contributed by atoms with van der Waals surface area (Å²) in [7, 11) is 1.17. The van der Waals surface area contributed by atoms with Gasteiger partial charge in [-0.25, -0.2) is 4.39 Å². The van der Waals surface area contributed by atoms with Crippen LogP contribution in [0.25, 0.3) is 0 Å². The molecule has 0 N–H and O–H groups in total. The van der Waals surface area contributed by atoms with E-state index in [4.69, 9.17) is 0 Å². The molecule has 0 unspecified atom stereocenters. The Morgan fingerprint density at radius 2 is 1.85 bits per heavy atom. The summed E-state index contributed by atoms with van der Waals surface area (Å²) in [5.74, 6) is -2.91. The number of Topliss-reactive ketones (excluding diaryl/α,β-unsaturated/α-hetero) is 1. The standard InChI is InChI=1S/C13H12F4O3/c1-20-11(19)7-3-6-10(18)8-4-2-5-9(14)12(8)13(15,16)17/h2,4-5H,3,6-7H2,1H3. The number of rotatable bonds is 5. The van der Waals surface area contributed by atoms with Gasteiger partial charge in [0.25, 0.3) is 0 Å². The van der Waals surface area contributed by atoms with Crippen LogP contribution in [0.5, 0.6) is 0 Å². The number of methoxy groups -OCH3 is 1. The summed E-state index contributed by atoms with van der Waals surface area (Å²) in [5.41, 5.74) is -2.29. The third-order valence-electron chi connectivity index (χ3n) is 2.61. The normalized spacial score (nSPS) is 11.2. The largest absolute Gasteiger partial charge is 0.469 e. The summed E-state index contributed by atoms with van der Waals surface area (Å²) in [4.78, 5) is 22.6. The number of ketones is 1. The van der Waals surface area contributed by atoms with Crippen molar-refractivity contribution >= 4 is 11.8 Å². The average molecular weight is 292 g/mol. The highest BCUT2D eigenvalue weighted by Gasteiger charge is 2.38. The summed E-state index contributed by atoms with van der Waals surface area (Å²) >= 11 is 0. The van der Waals surface area contributed by atoms with Gasteiger partial charge in [0.05, 0.1) is 7.11 Å². The summed E-state index contributed by atoms with van der Waals surface area (Å²) < 4.78 is 55.7. The lowest BCUT2D eigenvalue weighted by molar-refractivity contribution is -0.141. The summed E-state index contributed by atoms with van der Waals surface area (Å²) in [6.07, 6.45) is -5.28. The molecule has 0 radical (unpaired) electrons. The van der Waals surface area contributed by atoms with Gasteiger partial charge < -0.3 is 4.74 Å². The minimum atomic E-state index is -4.95. The molecule has 110 valence electrons. The highest BCUT2D eigenvalue weighted by molar-refractivity contribution is 5.97. The van der Waals surface area contributed by atoms with E-state index in [0.717, 1.165) is 12.1 Å². The number of esters is 1. The van der Waals surface area contributed by atoms with Gasteiger partial charge in [0.1, 0.15) is 11.4 Å². The fourth-order valence-corrected chi connectivity index (χ4v) is 1.67. The van der Waals surface area contributed by atoms with Crippen LogP contribution < -0.4 is 0 Å². The average Bonchev–Trinajstić information content (AvgIpc) is 2.36. The van der Waals surface area contributed by atoms with Gasteiger partial charge in [-0.1, -0.05) is 12.1 Å². The molecule has 0 aliphatic heterocycles. The van der Waals surface area contributed by atoms with E-state index in [-0.39, 0.29) is 19.3 Å². The van der Waals surface area contributed by atoms with Crippen molar-refractivity contribution in [3.63, 3.8) is 0 Å². The van der Waals surface area contributed by atoms with E-state index in [1.807, 2.05) is 0 Å². The van der Waals surface area contributed by atoms with Gasteiger partial charge in [-0.15, -0.1) is 0 Å². The predicted molar refractivity (Wildman–Crippen MR) is 61.6 cm³/mol. The van der Waals surface area contributed by atoms with Crippen molar-refractivity contribution in [2.75, 3.05) is 7.11 Å². The van der Waals surface area contributed by atoms with Crippen LogP contribution in [0.3, 0.4) is 0 Å². The number of carbonyl (C=O) groups excluding carboxylic acids is 2. The van der Waals surface area contributed by atoms with Crippen LogP contribution in [-0.2, 0) is 15.7 Å². The molecule has 1 rings (SSSR count). The van der Waals surface area contributed by atoms with Crippen molar-refractivity contribution in [2.24, 2.45) is 0 Å². The van der Waals surface area contributed by atoms with Gasteiger partial charge in [-0.05, 0) is 12.5 Å². The van der Waals surface area contributed by atoms with Crippen LogP contribution in [0.2, 0.25) is 0 Å². The molecule has 0 atom stereocenters. The molecule has 0 aliphatic carbocycles. The Hall–Kier alpha value is -1.92. The van der Waals surface area contributed by atoms with Gasteiger partial charge >= 0.3 is 12.1 Å². The highest BCUT2D eigenvalue weighted by atomic mass is 19.4. The van der Waals surface area contributed by atoms with E-state index in [1.165, 1.54) is 7.11 Å². The van der Waals surface area contributed by atoms with Crippen LogP contribution in [0.4, 0.5) is 17.6 Å². The van der Waals surface area contributed by atoms with Crippen molar-refractivity contribution in [2.45, 2.75) is 25.4 Å². The quantitative estimate of drug-likeness (QED) is 0.475. The maximum atomic E-state index is 13.3. The molecule has 0 spiro atoms. The Labute approximate surface area is 112 Å². The number of halogens is 4. The second-order valence-corrected chi connectivity index (χ2v) is 4.01. The number of alkyl halides is 3. The van der Waals surface area contributed by atoms with Crippen molar-refractivity contribution in [3.05, 3.63) is 35.1 Å². The van der Waals surface area contributed by atoms with Crippen LogP contribution in [-0.4, -0.2) is 18.9 Å². The monoisotopic (exact) mass is 292 g/mol. The molecule has 0 saturated heterocycles. The summed E-state index contributed by atoms with van der Waals surface area (Å²) in [6, 6.07) is 2.61. The Bertz CT molecular complexity index is 509. The van der Waals surface area contributed by atoms with Crippen LogP contribution in [0.15, 0.2) is 18.2 Å². The second kappa shape index (κ2) is 6.49. The van der Waals surface area contributed by atoms with E-state index >= 15 is 0 Å². The van der Waals surface area contributed by atoms with Crippen LogP contribution in [0.1, 0.15) is 35.2 Å². The van der Waals surface area contributed by atoms with Crippen molar-refractivity contribution in [3.8, 4) is 0 Å². The van der Waals surface area contributed by atoms with Crippen LogP contribution >= 0.6 is 0 Å². The molecule has 3 nitrogen and oxygen atoms in total.